The summed E-state index contributed by atoms with van der Waals surface area (Å²) in [5.41, 5.74) is 5.89. The molecule has 0 aliphatic carbocycles. The van der Waals surface area contributed by atoms with E-state index < -0.39 is 5.97 Å². The maximum absolute atomic E-state index is 11.7. The molecule has 0 unspecified atom stereocenters. The van der Waals surface area contributed by atoms with Crippen LogP contribution in [-0.2, 0) is 9.53 Å². The van der Waals surface area contributed by atoms with Crippen LogP contribution in [0.4, 0.5) is 11.5 Å². The fourth-order valence-electron chi connectivity index (χ4n) is 1.63. The number of nitrogens with zero attached hydrogens (tertiary/aromatic N) is 1. The summed E-state index contributed by atoms with van der Waals surface area (Å²) in [6.07, 6.45) is 1.68. The molecule has 21 heavy (non-hydrogen) atoms. The number of carbonyl (C=O) groups is 2. The molecule has 0 atom stereocenters. The number of carbonyl (C=O) groups excluding carboxylic acids is 2. The highest BCUT2D eigenvalue weighted by Crippen LogP contribution is 2.15. The fraction of sp³-hybridized carbons (Fsp3) is 0.500. The molecule has 116 valence electrons. The lowest BCUT2D eigenvalue weighted by atomic mass is 10.1. The molecular formula is C14H22N4O3. The number of hydrogen-bond acceptors (Lipinski definition) is 6. The molecule has 0 saturated carbocycles. The summed E-state index contributed by atoms with van der Waals surface area (Å²) in [6, 6.07) is 1.50. The minimum Gasteiger partial charge on any atom is -0.465 e. The minimum atomic E-state index is -0.525. The molecule has 0 saturated heterocycles. The van der Waals surface area contributed by atoms with Crippen molar-refractivity contribution in [2.24, 2.45) is 0 Å². The van der Waals surface area contributed by atoms with Gasteiger partial charge in [-0.05, 0) is 26.8 Å². The SMILES string of the molecule is COC(=O)c1cc(NCCC(=O)NC(C)(C)C)ncc1N. The quantitative estimate of drug-likeness (QED) is 0.704. The maximum atomic E-state index is 11.7. The number of ether oxygens (including phenoxy) is 1. The minimum absolute atomic E-state index is 0.0568. The first kappa shape index (κ1) is 16.7. The molecule has 4 N–H and O–H groups in total. The molecule has 0 aliphatic heterocycles. The highest BCUT2D eigenvalue weighted by Gasteiger charge is 2.14. The Morgan fingerprint density at radius 1 is 1.38 bits per heavy atom. The molecule has 1 aromatic heterocycles. The number of esters is 1. The summed E-state index contributed by atoms with van der Waals surface area (Å²) in [6.45, 7) is 6.16. The summed E-state index contributed by atoms with van der Waals surface area (Å²) in [5, 5.41) is 5.83. The average molecular weight is 294 g/mol. The third-order valence-corrected chi connectivity index (χ3v) is 2.51. The molecule has 0 spiro atoms. The molecule has 0 bridgehead atoms. The van der Waals surface area contributed by atoms with E-state index in [1.807, 2.05) is 20.8 Å². The average Bonchev–Trinajstić information content (AvgIpc) is 2.37. The van der Waals surface area contributed by atoms with Crippen LogP contribution in [0.2, 0.25) is 0 Å². The van der Waals surface area contributed by atoms with Crippen LogP contribution in [0, 0.1) is 0 Å². The molecule has 1 amide bonds. The van der Waals surface area contributed by atoms with Crippen molar-refractivity contribution in [3.63, 3.8) is 0 Å². The van der Waals surface area contributed by atoms with Crippen LogP contribution < -0.4 is 16.4 Å². The molecular weight excluding hydrogens is 272 g/mol. The number of rotatable bonds is 5. The number of nitrogens with two attached hydrogens (primary N) is 1. The smallest absolute Gasteiger partial charge is 0.340 e. The molecule has 0 aliphatic rings. The molecule has 0 aromatic carbocycles. The lowest BCUT2D eigenvalue weighted by Crippen LogP contribution is -2.41. The normalized spacial score (nSPS) is 10.9. The summed E-state index contributed by atoms with van der Waals surface area (Å²) in [5.74, 6) is -0.116. The van der Waals surface area contributed by atoms with E-state index >= 15 is 0 Å². The number of aromatic nitrogens is 1. The van der Waals surface area contributed by atoms with Crippen molar-refractivity contribution >= 4 is 23.4 Å². The lowest BCUT2D eigenvalue weighted by Gasteiger charge is -2.20. The van der Waals surface area contributed by atoms with Gasteiger partial charge in [0.2, 0.25) is 5.91 Å². The third-order valence-electron chi connectivity index (χ3n) is 2.51. The van der Waals surface area contributed by atoms with Crippen LogP contribution in [0.5, 0.6) is 0 Å². The summed E-state index contributed by atoms with van der Waals surface area (Å²) in [4.78, 5) is 27.2. The Bertz CT molecular complexity index is 523. The van der Waals surface area contributed by atoms with Gasteiger partial charge in [-0.2, -0.15) is 0 Å². The van der Waals surface area contributed by atoms with Crippen LogP contribution in [0.15, 0.2) is 12.3 Å². The first-order chi connectivity index (χ1) is 9.73. The van der Waals surface area contributed by atoms with Gasteiger partial charge < -0.3 is 21.1 Å². The first-order valence-corrected chi connectivity index (χ1v) is 6.61. The van der Waals surface area contributed by atoms with Gasteiger partial charge >= 0.3 is 5.97 Å². The number of nitrogens with one attached hydrogen (secondary N) is 2. The van der Waals surface area contributed by atoms with Gasteiger partial charge in [0.15, 0.2) is 0 Å². The monoisotopic (exact) mass is 294 g/mol. The summed E-state index contributed by atoms with van der Waals surface area (Å²) >= 11 is 0. The van der Waals surface area contributed by atoms with Crippen molar-refractivity contribution in [1.29, 1.82) is 0 Å². The van der Waals surface area contributed by atoms with Gasteiger partial charge in [0.05, 0.1) is 24.6 Å². The number of anilines is 2. The van der Waals surface area contributed by atoms with Crippen molar-refractivity contribution in [3.05, 3.63) is 17.8 Å². The maximum Gasteiger partial charge on any atom is 0.340 e. The Morgan fingerprint density at radius 3 is 2.62 bits per heavy atom. The van der Waals surface area contributed by atoms with E-state index in [1.54, 1.807) is 0 Å². The Labute approximate surface area is 124 Å². The van der Waals surface area contributed by atoms with Crippen molar-refractivity contribution in [2.75, 3.05) is 24.7 Å². The lowest BCUT2D eigenvalue weighted by molar-refractivity contribution is -0.122. The number of pyridine rings is 1. The van der Waals surface area contributed by atoms with E-state index in [1.165, 1.54) is 19.4 Å². The number of nitrogen functional groups attached to an aromatic ring is 1. The largest absolute Gasteiger partial charge is 0.465 e. The Morgan fingerprint density at radius 2 is 2.05 bits per heavy atom. The Balaban J connectivity index is 2.57. The van der Waals surface area contributed by atoms with E-state index in [2.05, 4.69) is 20.4 Å². The van der Waals surface area contributed by atoms with Gasteiger partial charge in [-0.15, -0.1) is 0 Å². The third kappa shape index (κ3) is 5.68. The van der Waals surface area contributed by atoms with Crippen molar-refractivity contribution in [3.8, 4) is 0 Å². The number of hydrogen-bond donors (Lipinski definition) is 3. The van der Waals surface area contributed by atoms with E-state index in [4.69, 9.17) is 5.73 Å². The molecule has 1 aromatic rings. The van der Waals surface area contributed by atoms with Crippen molar-refractivity contribution in [1.82, 2.24) is 10.3 Å². The van der Waals surface area contributed by atoms with Gasteiger partial charge in [0.25, 0.3) is 0 Å². The van der Waals surface area contributed by atoms with Gasteiger partial charge in [0.1, 0.15) is 5.82 Å². The Hall–Kier alpha value is -2.31. The van der Waals surface area contributed by atoms with Gasteiger partial charge in [-0.1, -0.05) is 0 Å². The number of amides is 1. The predicted molar refractivity (Wildman–Crippen MR) is 81.0 cm³/mol. The van der Waals surface area contributed by atoms with Crippen molar-refractivity contribution < 1.29 is 14.3 Å². The molecule has 0 fully saturated rings. The zero-order chi connectivity index (χ0) is 16.0. The van der Waals surface area contributed by atoms with Crippen LogP contribution >= 0.6 is 0 Å². The van der Waals surface area contributed by atoms with Gasteiger partial charge in [-0.25, -0.2) is 9.78 Å². The second kappa shape index (κ2) is 6.92. The predicted octanol–water partition coefficient (Wildman–Crippen LogP) is 1.17. The second-order valence-electron chi connectivity index (χ2n) is 5.62. The molecule has 1 rings (SSSR count). The van der Waals surface area contributed by atoms with E-state index in [0.717, 1.165) is 0 Å². The highest BCUT2D eigenvalue weighted by molar-refractivity contribution is 5.95. The van der Waals surface area contributed by atoms with Gasteiger partial charge in [0, 0.05) is 18.5 Å². The molecule has 0 radical (unpaired) electrons. The molecule has 1 heterocycles. The fourth-order valence-corrected chi connectivity index (χ4v) is 1.63. The summed E-state index contributed by atoms with van der Waals surface area (Å²) in [7, 11) is 1.28. The molecule has 7 heteroatoms. The second-order valence-corrected chi connectivity index (χ2v) is 5.62. The van der Waals surface area contributed by atoms with Crippen LogP contribution in [0.1, 0.15) is 37.6 Å². The van der Waals surface area contributed by atoms with Crippen LogP contribution in [0.25, 0.3) is 0 Å². The van der Waals surface area contributed by atoms with E-state index in [0.29, 0.717) is 18.8 Å². The number of methoxy groups -OCH3 is 1. The highest BCUT2D eigenvalue weighted by atomic mass is 16.5. The van der Waals surface area contributed by atoms with E-state index in [9.17, 15) is 9.59 Å². The standard InChI is InChI=1S/C14H22N4O3/c1-14(2,3)18-12(19)5-6-16-11-7-9(13(20)21-4)10(15)8-17-11/h7-8H,5-6,15H2,1-4H3,(H,16,17)(H,18,19). The van der Waals surface area contributed by atoms with Gasteiger partial charge in [-0.3, -0.25) is 4.79 Å². The van der Waals surface area contributed by atoms with Crippen molar-refractivity contribution in [2.45, 2.75) is 32.7 Å². The first-order valence-electron chi connectivity index (χ1n) is 6.61. The van der Waals surface area contributed by atoms with Crippen LogP contribution in [-0.4, -0.2) is 36.1 Å². The zero-order valence-electron chi connectivity index (χ0n) is 12.8. The topological polar surface area (TPSA) is 106 Å². The van der Waals surface area contributed by atoms with Crippen LogP contribution in [0.3, 0.4) is 0 Å². The summed E-state index contributed by atoms with van der Waals surface area (Å²) < 4.78 is 4.63. The van der Waals surface area contributed by atoms with E-state index in [-0.39, 0.29) is 22.7 Å². The Kier molecular flexibility index (Phi) is 5.52. The molecule has 7 nitrogen and oxygen atoms in total. The zero-order valence-corrected chi connectivity index (χ0v) is 12.8.